The number of anilines is 1. The molecule has 1 aliphatic carbocycles. The average Bonchev–Trinajstić information content (AvgIpc) is 2.28. The minimum atomic E-state index is -0.649. The first-order valence-corrected chi connectivity index (χ1v) is 5.70. The van der Waals surface area contributed by atoms with E-state index in [2.05, 4.69) is 5.32 Å². The molecule has 2 atom stereocenters. The number of rotatable bonds is 3. The summed E-state index contributed by atoms with van der Waals surface area (Å²) in [5.74, 6) is -0.649. The van der Waals surface area contributed by atoms with Gasteiger partial charge in [-0.15, -0.1) is 0 Å². The number of nitro groups is 1. The lowest BCUT2D eigenvalue weighted by molar-refractivity contribution is -0.385. The molecule has 1 saturated carbocycles. The van der Waals surface area contributed by atoms with Crippen LogP contribution in [0.15, 0.2) is 18.2 Å². The second-order valence-electron chi connectivity index (χ2n) is 5.23. The van der Waals surface area contributed by atoms with Gasteiger partial charge in [0.1, 0.15) is 5.82 Å². The van der Waals surface area contributed by atoms with Crippen LogP contribution in [0.3, 0.4) is 0 Å². The van der Waals surface area contributed by atoms with E-state index in [1.165, 1.54) is 12.1 Å². The molecule has 18 heavy (non-hydrogen) atoms. The summed E-state index contributed by atoms with van der Waals surface area (Å²) < 4.78 is 13.2. The molecule has 0 aliphatic heterocycles. The van der Waals surface area contributed by atoms with Crippen molar-refractivity contribution in [3.8, 4) is 0 Å². The minimum absolute atomic E-state index is 0.0195. The molecule has 0 heterocycles. The maximum Gasteiger partial charge on any atom is 0.274 e. The number of aliphatic hydroxyl groups excluding tert-OH is 1. The molecular weight excluding hydrogens is 239 g/mol. The van der Waals surface area contributed by atoms with Crippen LogP contribution in [0.4, 0.5) is 15.8 Å². The van der Waals surface area contributed by atoms with Gasteiger partial charge < -0.3 is 10.4 Å². The van der Waals surface area contributed by atoms with Gasteiger partial charge in [0.15, 0.2) is 0 Å². The van der Waals surface area contributed by atoms with Gasteiger partial charge in [-0.25, -0.2) is 4.39 Å². The predicted molar refractivity (Wildman–Crippen MR) is 64.9 cm³/mol. The van der Waals surface area contributed by atoms with Gasteiger partial charge in [-0.1, -0.05) is 13.8 Å². The highest BCUT2D eigenvalue weighted by atomic mass is 19.1. The van der Waals surface area contributed by atoms with Crippen LogP contribution in [0.5, 0.6) is 0 Å². The SMILES string of the molecule is CC1(C)C(O)CC1Nc1cc(F)cc([N+](=O)[O-])c1. The Kier molecular flexibility index (Phi) is 2.98. The molecule has 0 aromatic heterocycles. The van der Waals surface area contributed by atoms with Crippen molar-refractivity contribution in [1.29, 1.82) is 0 Å². The molecular formula is C12H15FN2O3. The summed E-state index contributed by atoms with van der Waals surface area (Å²) in [7, 11) is 0. The quantitative estimate of drug-likeness (QED) is 0.641. The van der Waals surface area contributed by atoms with Crippen LogP contribution in [0.25, 0.3) is 0 Å². The lowest BCUT2D eigenvalue weighted by Gasteiger charge is -2.49. The number of nitro benzene ring substituents is 1. The highest BCUT2D eigenvalue weighted by molar-refractivity contribution is 5.52. The summed E-state index contributed by atoms with van der Waals surface area (Å²) in [6.45, 7) is 3.79. The van der Waals surface area contributed by atoms with Crippen molar-refractivity contribution in [1.82, 2.24) is 0 Å². The van der Waals surface area contributed by atoms with Crippen molar-refractivity contribution in [3.05, 3.63) is 34.1 Å². The highest BCUT2D eigenvalue weighted by Crippen LogP contribution is 2.42. The van der Waals surface area contributed by atoms with E-state index in [-0.39, 0.29) is 17.1 Å². The molecule has 2 rings (SSSR count). The number of hydrogen-bond donors (Lipinski definition) is 2. The van der Waals surface area contributed by atoms with Crippen LogP contribution in [-0.2, 0) is 0 Å². The maximum atomic E-state index is 13.2. The van der Waals surface area contributed by atoms with Gasteiger partial charge in [-0.05, 0) is 12.5 Å². The second-order valence-corrected chi connectivity index (χ2v) is 5.23. The van der Waals surface area contributed by atoms with Crippen LogP contribution in [-0.4, -0.2) is 22.2 Å². The largest absolute Gasteiger partial charge is 0.392 e. The maximum absolute atomic E-state index is 13.2. The number of non-ortho nitro benzene ring substituents is 1. The van der Waals surface area contributed by atoms with E-state index in [9.17, 15) is 19.6 Å². The van der Waals surface area contributed by atoms with Crippen LogP contribution in [0.2, 0.25) is 0 Å². The van der Waals surface area contributed by atoms with Gasteiger partial charge in [0.25, 0.3) is 5.69 Å². The van der Waals surface area contributed by atoms with Crippen LogP contribution in [0.1, 0.15) is 20.3 Å². The number of aliphatic hydroxyl groups is 1. The Labute approximate surface area is 104 Å². The normalized spacial score (nSPS) is 25.3. The van der Waals surface area contributed by atoms with Crippen LogP contribution in [0, 0.1) is 21.3 Å². The fourth-order valence-electron chi connectivity index (χ4n) is 2.11. The van der Waals surface area contributed by atoms with E-state index < -0.39 is 16.8 Å². The standard InChI is InChI=1S/C12H15FN2O3/c1-12(2)10(6-11(12)16)14-8-3-7(13)4-9(5-8)15(17)18/h3-5,10-11,14,16H,6H2,1-2H3. The third-order valence-corrected chi connectivity index (χ3v) is 3.65. The van der Waals surface area contributed by atoms with Crippen LogP contribution < -0.4 is 5.32 Å². The predicted octanol–water partition coefficient (Wildman–Crippen LogP) is 2.31. The molecule has 1 aliphatic rings. The van der Waals surface area contributed by atoms with E-state index in [0.717, 1.165) is 6.07 Å². The van der Waals surface area contributed by atoms with Crippen molar-refractivity contribution in [3.63, 3.8) is 0 Å². The smallest absolute Gasteiger partial charge is 0.274 e. The summed E-state index contributed by atoms with van der Waals surface area (Å²) >= 11 is 0. The average molecular weight is 254 g/mol. The molecule has 0 spiro atoms. The monoisotopic (exact) mass is 254 g/mol. The third kappa shape index (κ3) is 2.15. The van der Waals surface area contributed by atoms with E-state index in [4.69, 9.17) is 0 Å². The molecule has 1 aromatic rings. The van der Waals surface area contributed by atoms with E-state index in [1.807, 2.05) is 13.8 Å². The zero-order chi connectivity index (χ0) is 13.5. The van der Waals surface area contributed by atoms with E-state index >= 15 is 0 Å². The molecule has 0 bridgehead atoms. The molecule has 0 radical (unpaired) electrons. The number of nitrogens with one attached hydrogen (secondary N) is 1. The Morgan fingerprint density at radius 2 is 2.17 bits per heavy atom. The van der Waals surface area contributed by atoms with Gasteiger partial charge in [0.05, 0.1) is 17.1 Å². The summed E-state index contributed by atoms with van der Waals surface area (Å²) in [4.78, 5) is 10.00. The fraction of sp³-hybridized carbons (Fsp3) is 0.500. The van der Waals surface area contributed by atoms with Crippen molar-refractivity contribution in [2.75, 3.05) is 5.32 Å². The molecule has 1 fully saturated rings. The first-order valence-electron chi connectivity index (χ1n) is 5.70. The Balaban J connectivity index is 2.18. The zero-order valence-electron chi connectivity index (χ0n) is 10.2. The highest BCUT2D eigenvalue weighted by Gasteiger charge is 2.47. The molecule has 2 unspecified atom stereocenters. The number of halogens is 1. The number of benzene rings is 1. The summed E-state index contributed by atoms with van der Waals surface area (Å²) in [6, 6.07) is 3.37. The summed E-state index contributed by atoms with van der Waals surface area (Å²) in [5, 5.41) is 23.3. The first kappa shape index (κ1) is 12.8. The molecule has 5 nitrogen and oxygen atoms in total. The van der Waals surface area contributed by atoms with E-state index in [0.29, 0.717) is 12.1 Å². The second kappa shape index (κ2) is 4.20. The number of nitrogens with zero attached hydrogens (tertiary/aromatic N) is 1. The number of hydrogen-bond acceptors (Lipinski definition) is 4. The molecule has 2 N–H and O–H groups in total. The lowest BCUT2D eigenvalue weighted by atomic mass is 9.64. The molecule has 0 saturated heterocycles. The van der Waals surface area contributed by atoms with Crippen LogP contribution >= 0.6 is 0 Å². The van der Waals surface area contributed by atoms with Crippen molar-refractivity contribution in [2.24, 2.45) is 5.41 Å². The Morgan fingerprint density at radius 3 is 2.67 bits per heavy atom. The molecule has 6 heteroatoms. The van der Waals surface area contributed by atoms with Crippen molar-refractivity contribution >= 4 is 11.4 Å². The van der Waals surface area contributed by atoms with Crippen molar-refractivity contribution in [2.45, 2.75) is 32.4 Å². The van der Waals surface area contributed by atoms with Gasteiger partial charge in [-0.2, -0.15) is 0 Å². The van der Waals surface area contributed by atoms with Gasteiger partial charge >= 0.3 is 0 Å². The van der Waals surface area contributed by atoms with Gasteiger partial charge in [0, 0.05) is 23.2 Å². The third-order valence-electron chi connectivity index (χ3n) is 3.65. The topological polar surface area (TPSA) is 75.4 Å². The zero-order valence-corrected chi connectivity index (χ0v) is 10.2. The van der Waals surface area contributed by atoms with Gasteiger partial charge in [-0.3, -0.25) is 10.1 Å². The Bertz CT molecular complexity index is 490. The Hall–Kier alpha value is -1.69. The summed E-state index contributed by atoms with van der Waals surface area (Å²) in [5.41, 5.74) is -0.233. The molecule has 0 amide bonds. The molecule has 1 aromatic carbocycles. The summed E-state index contributed by atoms with van der Waals surface area (Å²) in [6.07, 6.45) is 0.149. The lowest BCUT2D eigenvalue weighted by Crippen LogP contribution is -2.56. The van der Waals surface area contributed by atoms with Gasteiger partial charge in [0.2, 0.25) is 0 Å². The first-order chi connectivity index (χ1) is 8.30. The molecule has 98 valence electrons. The van der Waals surface area contributed by atoms with E-state index in [1.54, 1.807) is 0 Å². The Morgan fingerprint density at radius 1 is 1.50 bits per heavy atom. The van der Waals surface area contributed by atoms with Crippen molar-refractivity contribution < 1.29 is 14.4 Å². The fourth-order valence-corrected chi connectivity index (χ4v) is 2.11. The minimum Gasteiger partial charge on any atom is -0.392 e.